The van der Waals surface area contributed by atoms with Crippen LogP contribution in [0.2, 0.25) is 0 Å². The molecule has 170 valence electrons. The van der Waals surface area contributed by atoms with Gasteiger partial charge < -0.3 is 15.9 Å². The van der Waals surface area contributed by atoms with Crippen LogP contribution in [0.4, 0.5) is 4.39 Å². The van der Waals surface area contributed by atoms with Crippen LogP contribution in [0.1, 0.15) is 27.9 Å². The van der Waals surface area contributed by atoms with Crippen LogP contribution in [0.3, 0.4) is 0 Å². The zero-order valence-electron chi connectivity index (χ0n) is 17.7. The minimum absolute atomic E-state index is 0.0394. The highest BCUT2D eigenvalue weighted by atomic mass is 19.1. The van der Waals surface area contributed by atoms with Gasteiger partial charge in [0, 0.05) is 11.5 Å². The summed E-state index contributed by atoms with van der Waals surface area (Å²) in [6.45, 7) is 1.40. The average molecular weight is 446 g/mol. The number of aryl methyl sites for hydroxylation is 1. The summed E-state index contributed by atoms with van der Waals surface area (Å²) < 4.78 is 14.7. The predicted octanol–water partition coefficient (Wildman–Crippen LogP) is -0.685. The van der Waals surface area contributed by atoms with E-state index in [1.165, 1.54) is 25.9 Å². The van der Waals surface area contributed by atoms with Crippen molar-refractivity contribution in [2.45, 2.75) is 31.4 Å². The highest BCUT2D eigenvalue weighted by Gasteiger charge is 2.69. The number of nitrogens with two attached hydrogens (primary N) is 1. The van der Waals surface area contributed by atoms with E-state index in [1.807, 2.05) is 0 Å². The molecule has 0 radical (unpaired) electrons. The predicted molar refractivity (Wildman–Crippen MR) is 106 cm³/mol. The standard InChI is InChI=1S/C22H23FN2O7/c1-7-4-11(23)9-5-8-6-10-15(25(2)3)18(28)14(21(24)31)20(30)22(10,32)19(29)12(8)17(27)13(9)16(7)26/h4,8,10,12,14-15,26,32H,5-6H2,1-3H3,(H2,24,31)/t8-,10-,12?,14?,15-,22-/m0/s1. The number of ketones is 4. The molecule has 0 heterocycles. The molecule has 10 heteroatoms. The highest BCUT2D eigenvalue weighted by molar-refractivity contribution is 6.32. The highest BCUT2D eigenvalue weighted by Crippen LogP contribution is 2.51. The molecular formula is C22H23FN2O7. The smallest absolute Gasteiger partial charge is 0.235 e. The van der Waals surface area contributed by atoms with Crippen LogP contribution in [0.15, 0.2) is 6.07 Å². The Morgan fingerprint density at radius 1 is 1.22 bits per heavy atom. The van der Waals surface area contributed by atoms with E-state index in [-0.39, 0.29) is 29.5 Å². The Morgan fingerprint density at radius 3 is 2.41 bits per heavy atom. The van der Waals surface area contributed by atoms with E-state index in [1.54, 1.807) is 0 Å². The van der Waals surface area contributed by atoms with Crippen LogP contribution in [0.25, 0.3) is 0 Å². The lowest BCUT2D eigenvalue weighted by Gasteiger charge is -2.52. The number of carbonyl (C=O) groups is 5. The Morgan fingerprint density at radius 2 is 1.84 bits per heavy atom. The molecule has 2 saturated carbocycles. The molecule has 4 N–H and O–H groups in total. The van der Waals surface area contributed by atoms with E-state index in [2.05, 4.69) is 0 Å². The molecule has 0 bridgehead atoms. The average Bonchev–Trinajstić information content (AvgIpc) is 2.68. The van der Waals surface area contributed by atoms with Crippen molar-refractivity contribution in [2.24, 2.45) is 29.4 Å². The molecule has 0 spiro atoms. The van der Waals surface area contributed by atoms with Gasteiger partial charge in [0.25, 0.3) is 0 Å². The molecule has 0 aromatic heterocycles. The number of hydrogen-bond donors (Lipinski definition) is 3. The maximum Gasteiger partial charge on any atom is 0.235 e. The van der Waals surface area contributed by atoms with Crippen LogP contribution >= 0.6 is 0 Å². The normalized spacial score (nSPS) is 34.2. The zero-order valence-corrected chi connectivity index (χ0v) is 17.7. The van der Waals surface area contributed by atoms with E-state index in [4.69, 9.17) is 5.73 Å². The number of Topliss-reactive ketones (excluding diaryl/α,β-unsaturated/α-hetero) is 4. The lowest BCUT2D eigenvalue weighted by Crippen LogP contribution is -2.74. The number of likely N-dealkylation sites (N-methyl/N-ethyl adjacent to an activating group) is 1. The third kappa shape index (κ3) is 2.65. The molecule has 1 aromatic rings. The Kier molecular flexibility index (Phi) is 4.87. The number of halogens is 1. The largest absolute Gasteiger partial charge is 0.507 e. The first-order chi connectivity index (χ1) is 14.8. The zero-order chi connectivity index (χ0) is 23.9. The first-order valence-corrected chi connectivity index (χ1v) is 10.2. The summed E-state index contributed by atoms with van der Waals surface area (Å²) in [7, 11) is 2.99. The Labute approximate surface area is 182 Å². The van der Waals surface area contributed by atoms with Crippen molar-refractivity contribution < 1.29 is 38.6 Å². The van der Waals surface area contributed by atoms with Crippen molar-refractivity contribution in [1.82, 2.24) is 4.90 Å². The van der Waals surface area contributed by atoms with E-state index in [0.29, 0.717) is 0 Å². The summed E-state index contributed by atoms with van der Waals surface area (Å²) in [6, 6.07) is -0.0934. The van der Waals surface area contributed by atoms with E-state index in [0.717, 1.165) is 6.07 Å². The lowest BCUT2D eigenvalue weighted by molar-refractivity contribution is -0.181. The van der Waals surface area contributed by atoms with Crippen molar-refractivity contribution in [1.29, 1.82) is 0 Å². The number of hydrogen-bond acceptors (Lipinski definition) is 8. The van der Waals surface area contributed by atoms with Crippen LogP contribution in [0, 0.1) is 36.4 Å². The topological polar surface area (TPSA) is 155 Å². The molecule has 1 amide bonds. The molecule has 6 atom stereocenters. The number of primary amides is 1. The van der Waals surface area contributed by atoms with Crippen molar-refractivity contribution in [3.05, 3.63) is 28.6 Å². The molecule has 3 aliphatic rings. The van der Waals surface area contributed by atoms with Gasteiger partial charge in [-0.3, -0.25) is 28.9 Å². The molecule has 2 fully saturated rings. The van der Waals surface area contributed by atoms with Gasteiger partial charge in [0.15, 0.2) is 34.7 Å². The molecule has 0 saturated heterocycles. The monoisotopic (exact) mass is 446 g/mol. The Balaban J connectivity index is 1.89. The Hall–Kier alpha value is -2.98. The lowest BCUT2D eigenvalue weighted by atomic mass is 9.52. The number of nitrogens with zero attached hydrogens (tertiary/aromatic N) is 1. The van der Waals surface area contributed by atoms with Crippen molar-refractivity contribution in [3.63, 3.8) is 0 Å². The first-order valence-electron chi connectivity index (χ1n) is 10.2. The van der Waals surface area contributed by atoms with Crippen LogP contribution in [-0.2, 0) is 25.6 Å². The summed E-state index contributed by atoms with van der Waals surface area (Å²) in [5, 5.41) is 21.8. The second-order valence-corrected chi connectivity index (χ2v) is 9.17. The van der Waals surface area contributed by atoms with Gasteiger partial charge in [0.1, 0.15) is 11.6 Å². The molecule has 3 aliphatic carbocycles. The number of phenols is 1. The minimum atomic E-state index is -2.78. The quantitative estimate of drug-likeness (QED) is 0.505. The van der Waals surface area contributed by atoms with Gasteiger partial charge in [-0.1, -0.05) is 0 Å². The second-order valence-electron chi connectivity index (χ2n) is 9.17. The van der Waals surface area contributed by atoms with Gasteiger partial charge in [-0.15, -0.1) is 0 Å². The van der Waals surface area contributed by atoms with Gasteiger partial charge in [-0.05, 0) is 51.4 Å². The Bertz CT molecular complexity index is 1110. The van der Waals surface area contributed by atoms with Gasteiger partial charge in [-0.2, -0.15) is 0 Å². The maximum atomic E-state index is 14.7. The van der Waals surface area contributed by atoms with Crippen LogP contribution < -0.4 is 5.73 Å². The fraction of sp³-hybridized carbons (Fsp3) is 0.500. The summed E-state index contributed by atoms with van der Waals surface area (Å²) in [4.78, 5) is 66.1. The van der Waals surface area contributed by atoms with Crippen molar-refractivity contribution in [2.75, 3.05) is 14.1 Å². The number of rotatable bonds is 2. The van der Waals surface area contributed by atoms with Crippen LogP contribution in [0.5, 0.6) is 5.75 Å². The van der Waals surface area contributed by atoms with Gasteiger partial charge in [0.05, 0.1) is 17.5 Å². The SMILES string of the molecule is Cc1cc(F)c2c(c1O)C(=O)C1C(=O)[C@]3(O)C(=O)C(C(N)=O)C(=O)[C@@H](N(C)C)[C@@H]3C[C@@H]1C2. The van der Waals surface area contributed by atoms with Gasteiger partial charge in [-0.25, -0.2) is 4.39 Å². The summed E-state index contributed by atoms with van der Waals surface area (Å²) >= 11 is 0. The minimum Gasteiger partial charge on any atom is -0.507 e. The molecule has 1 aromatic carbocycles. The molecule has 2 unspecified atom stereocenters. The summed E-state index contributed by atoms with van der Waals surface area (Å²) in [5.41, 5.74) is 2.19. The number of aliphatic hydroxyl groups is 1. The van der Waals surface area contributed by atoms with Crippen molar-refractivity contribution >= 4 is 29.0 Å². The van der Waals surface area contributed by atoms with E-state index in [9.17, 15) is 38.6 Å². The fourth-order valence-corrected chi connectivity index (χ4v) is 5.75. The van der Waals surface area contributed by atoms with E-state index < -0.39 is 75.9 Å². The molecule has 0 aliphatic heterocycles. The third-order valence-electron chi connectivity index (χ3n) is 7.20. The maximum absolute atomic E-state index is 14.7. The molecule has 32 heavy (non-hydrogen) atoms. The molecule has 4 rings (SSSR count). The van der Waals surface area contributed by atoms with Crippen molar-refractivity contribution in [3.8, 4) is 5.75 Å². The van der Waals surface area contributed by atoms with E-state index >= 15 is 0 Å². The first kappa shape index (κ1) is 22.2. The number of benzene rings is 1. The number of phenolic OH excluding ortho intramolecular Hbond substituents is 1. The fourth-order valence-electron chi connectivity index (χ4n) is 5.75. The third-order valence-corrected chi connectivity index (χ3v) is 7.20. The van der Waals surface area contributed by atoms with Gasteiger partial charge in [0.2, 0.25) is 5.91 Å². The number of aromatic hydroxyl groups is 1. The van der Waals surface area contributed by atoms with Crippen LogP contribution in [-0.4, -0.2) is 69.9 Å². The second kappa shape index (κ2) is 7.01. The number of fused-ring (bicyclic) bond motifs is 3. The summed E-state index contributed by atoms with van der Waals surface area (Å²) in [5.74, 6) is -12.2. The molecule has 9 nitrogen and oxygen atoms in total. The van der Waals surface area contributed by atoms with Gasteiger partial charge >= 0.3 is 0 Å². The summed E-state index contributed by atoms with van der Waals surface area (Å²) in [6.07, 6.45) is -0.205. The number of amides is 1. The number of carbonyl (C=O) groups excluding carboxylic acids is 5. The molecular weight excluding hydrogens is 423 g/mol.